The lowest BCUT2D eigenvalue weighted by Crippen LogP contribution is -2.40. The molecule has 1 aliphatic rings. The third-order valence-electron chi connectivity index (χ3n) is 4.32. The van der Waals surface area contributed by atoms with Crippen LogP contribution in [0.15, 0.2) is 18.2 Å². The number of anilines is 1. The van der Waals surface area contributed by atoms with Gasteiger partial charge in [-0.05, 0) is 55.8 Å². The Morgan fingerprint density at radius 2 is 2.14 bits per heavy atom. The number of hydrogen-bond donors (Lipinski definition) is 1. The number of nitrogens with one attached hydrogen (secondary N) is 1. The number of halogens is 1. The Hall–Kier alpha value is -0.730. The SMILES string of the molecule is CCC1CCCCN1c1cc(Cl)ccc1CNCC(C)C. The van der Waals surface area contributed by atoms with Crippen molar-refractivity contribution < 1.29 is 0 Å². The molecule has 0 bridgehead atoms. The standard InChI is InChI=1S/C18H29ClN2/c1-4-17-7-5-6-10-21(17)18-11-16(19)9-8-15(18)13-20-12-14(2)3/h8-9,11,14,17,20H,4-7,10,12-13H2,1-3H3. The Bertz CT molecular complexity index is 445. The highest BCUT2D eigenvalue weighted by molar-refractivity contribution is 6.30. The second-order valence-corrected chi connectivity index (χ2v) is 6.99. The molecule has 0 radical (unpaired) electrons. The van der Waals surface area contributed by atoms with Crippen LogP contribution in [0.4, 0.5) is 5.69 Å². The van der Waals surface area contributed by atoms with Gasteiger partial charge in [0.2, 0.25) is 0 Å². The minimum Gasteiger partial charge on any atom is -0.368 e. The Kier molecular flexibility index (Phi) is 6.38. The summed E-state index contributed by atoms with van der Waals surface area (Å²) in [5, 5.41) is 4.41. The normalized spacial score (nSPS) is 19.3. The largest absolute Gasteiger partial charge is 0.368 e. The van der Waals surface area contributed by atoms with Crippen LogP contribution < -0.4 is 10.2 Å². The minimum atomic E-state index is 0.668. The molecule has 0 amide bonds. The number of benzene rings is 1. The molecule has 1 heterocycles. The van der Waals surface area contributed by atoms with Gasteiger partial charge in [-0.1, -0.05) is 38.4 Å². The smallest absolute Gasteiger partial charge is 0.0429 e. The van der Waals surface area contributed by atoms with Crippen molar-refractivity contribution in [2.75, 3.05) is 18.0 Å². The van der Waals surface area contributed by atoms with Crippen LogP contribution in [0.2, 0.25) is 5.02 Å². The molecule has 1 saturated heterocycles. The van der Waals surface area contributed by atoms with Crippen molar-refractivity contribution in [2.24, 2.45) is 5.92 Å². The van der Waals surface area contributed by atoms with Crippen LogP contribution in [0.5, 0.6) is 0 Å². The molecule has 1 N–H and O–H groups in total. The second-order valence-electron chi connectivity index (χ2n) is 6.55. The maximum atomic E-state index is 6.26. The van der Waals surface area contributed by atoms with Gasteiger partial charge in [0.05, 0.1) is 0 Å². The minimum absolute atomic E-state index is 0.668. The van der Waals surface area contributed by atoms with E-state index in [4.69, 9.17) is 11.6 Å². The van der Waals surface area contributed by atoms with Crippen LogP contribution in [0.3, 0.4) is 0 Å². The first-order valence-electron chi connectivity index (χ1n) is 8.37. The molecule has 0 aliphatic carbocycles. The summed E-state index contributed by atoms with van der Waals surface area (Å²) in [7, 11) is 0. The van der Waals surface area contributed by atoms with E-state index in [0.717, 1.165) is 24.7 Å². The maximum absolute atomic E-state index is 6.26. The van der Waals surface area contributed by atoms with Crippen molar-refractivity contribution >= 4 is 17.3 Å². The molecule has 3 heteroatoms. The van der Waals surface area contributed by atoms with Gasteiger partial charge in [0.25, 0.3) is 0 Å². The van der Waals surface area contributed by atoms with E-state index in [2.05, 4.69) is 43.1 Å². The summed E-state index contributed by atoms with van der Waals surface area (Å²) >= 11 is 6.26. The van der Waals surface area contributed by atoms with Gasteiger partial charge < -0.3 is 10.2 Å². The van der Waals surface area contributed by atoms with Crippen LogP contribution in [0.1, 0.15) is 52.0 Å². The summed E-state index contributed by atoms with van der Waals surface area (Å²) < 4.78 is 0. The van der Waals surface area contributed by atoms with Crippen LogP contribution >= 0.6 is 11.6 Å². The summed E-state index contributed by atoms with van der Waals surface area (Å²) in [4.78, 5) is 2.59. The molecular formula is C18H29ClN2. The first-order valence-corrected chi connectivity index (χ1v) is 8.75. The van der Waals surface area contributed by atoms with Gasteiger partial charge in [-0.3, -0.25) is 0 Å². The Morgan fingerprint density at radius 1 is 1.33 bits per heavy atom. The monoisotopic (exact) mass is 308 g/mol. The van der Waals surface area contributed by atoms with Crippen molar-refractivity contribution in [1.82, 2.24) is 5.32 Å². The fourth-order valence-corrected chi connectivity index (χ4v) is 3.36. The zero-order valence-corrected chi connectivity index (χ0v) is 14.4. The van der Waals surface area contributed by atoms with Gasteiger partial charge in [0.15, 0.2) is 0 Å². The molecule has 0 saturated carbocycles. The van der Waals surface area contributed by atoms with E-state index in [1.807, 2.05) is 6.07 Å². The van der Waals surface area contributed by atoms with E-state index < -0.39 is 0 Å². The second kappa shape index (κ2) is 8.05. The first-order chi connectivity index (χ1) is 10.1. The highest BCUT2D eigenvalue weighted by atomic mass is 35.5. The van der Waals surface area contributed by atoms with Gasteiger partial charge in [0.1, 0.15) is 0 Å². The molecule has 2 nitrogen and oxygen atoms in total. The zero-order chi connectivity index (χ0) is 15.2. The molecule has 1 fully saturated rings. The molecular weight excluding hydrogens is 280 g/mol. The molecule has 1 unspecified atom stereocenters. The lowest BCUT2D eigenvalue weighted by atomic mass is 9.98. The van der Waals surface area contributed by atoms with Gasteiger partial charge >= 0.3 is 0 Å². The van der Waals surface area contributed by atoms with E-state index in [-0.39, 0.29) is 0 Å². The number of hydrogen-bond acceptors (Lipinski definition) is 2. The predicted octanol–water partition coefficient (Wildman–Crippen LogP) is 4.85. The average Bonchev–Trinajstić information content (AvgIpc) is 2.48. The fraction of sp³-hybridized carbons (Fsp3) is 0.667. The molecule has 21 heavy (non-hydrogen) atoms. The zero-order valence-electron chi connectivity index (χ0n) is 13.7. The summed E-state index contributed by atoms with van der Waals surface area (Å²) in [6, 6.07) is 7.03. The van der Waals surface area contributed by atoms with Gasteiger partial charge in [-0.2, -0.15) is 0 Å². The first kappa shape index (κ1) is 16.6. The lowest BCUT2D eigenvalue weighted by Gasteiger charge is -2.38. The molecule has 0 aromatic heterocycles. The Morgan fingerprint density at radius 3 is 2.86 bits per heavy atom. The highest BCUT2D eigenvalue weighted by Crippen LogP contribution is 2.31. The van der Waals surface area contributed by atoms with E-state index in [1.165, 1.54) is 36.9 Å². The van der Waals surface area contributed by atoms with Gasteiger partial charge in [-0.25, -0.2) is 0 Å². The van der Waals surface area contributed by atoms with E-state index >= 15 is 0 Å². The van der Waals surface area contributed by atoms with E-state index in [1.54, 1.807) is 0 Å². The summed E-state index contributed by atoms with van der Waals surface area (Å²) in [5.41, 5.74) is 2.71. The van der Waals surface area contributed by atoms with Crippen molar-refractivity contribution in [3.8, 4) is 0 Å². The third-order valence-corrected chi connectivity index (χ3v) is 4.56. The van der Waals surface area contributed by atoms with Gasteiger partial charge in [-0.15, -0.1) is 0 Å². The molecule has 118 valence electrons. The van der Waals surface area contributed by atoms with Crippen molar-refractivity contribution in [3.63, 3.8) is 0 Å². The van der Waals surface area contributed by atoms with E-state index in [0.29, 0.717) is 12.0 Å². The van der Waals surface area contributed by atoms with Crippen molar-refractivity contribution in [2.45, 2.75) is 59.0 Å². The molecule has 1 aliphatic heterocycles. The van der Waals surface area contributed by atoms with Crippen molar-refractivity contribution in [1.29, 1.82) is 0 Å². The quantitative estimate of drug-likeness (QED) is 0.807. The maximum Gasteiger partial charge on any atom is 0.0429 e. The summed E-state index contributed by atoms with van der Waals surface area (Å²) in [6.07, 6.45) is 5.17. The summed E-state index contributed by atoms with van der Waals surface area (Å²) in [5.74, 6) is 0.680. The average molecular weight is 309 g/mol. The summed E-state index contributed by atoms with van der Waals surface area (Å²) in [6.45, 7) is 9.93. The number of rotatable bonds is 6. The Labute approximate surface area is 134 Å². The molecule has 1 aromatic rings. The predicted molar refractivity (Wildman–Crippen MR) is 93.3 cm³/mol. The lowest BCUT2D eigenvalue weighted by molar-refractivity contribution is 0.448. The highest BCUT2D eigenvalue weighted by Gasteiger charge is 2.23. The third kappa shape index (κ3) is 4.62. The number of nitrogens with zero attached hydrogens (tertiary/aromatic N) is 1. The Balaban J connectivity index is 2.17. The van der Waals surface area contributed by atoms with E-state index in [9.17, 15) is 0 Å². The van der Waals surface area contributed by atoms with Crippen LogP contribution in [0.25, 0.3) is 0 Å². The molecule has 1 atom stereocenters. The fourth-order valence-electron chi connectivity index (χ4n) is 3.19. The van der Waals surface area contributed by atoms with Crippen molar-refractivity contribution in [3.05, 3.63) is 28.8 Å². The topological polar surface area (TPSA) is 15.3 Å². The number of piperidine rings is 1. The molecule has 2 rings (SSSR count). The van der Waals surface area contributed by atoms with Crippen LogP contribution in [0, 0.1) is 5.92 Å². The molecule has 1 aromatic carbocycles. The van der Waals surface area contributed by atoms with Crippen LogP contribution in [-0.4, -0.2) is 19.1 Å². The molecule has 0 spiro atoms. The van der Waals surface area contributed by atoms with Gasteiger partial charge in [0, 0.05) is 29.8 Å². The van der Waals surface area contributed by atoms with Crippen LogP contribution in [-0.2, 0) is 6.54 Å².